The van der Waals surface area contributed by atoms with E-state index in [9.17, 15) is 4.79 Å². The number of nitrogens with one attached hydrogen (secondary N) is 1. The molecule has 5 nitrogen and oxygen atoms in total. The minimum atomic E-state index is -0.290. The molecule has 168 valence electrons. The summed E-state index contributed by atoms with van der Waals surface area (Å²) in [5.41, 5.74) is 5.02. The van der Waals surface area contributed by atoms with E-state index in [1.807, 2.05) is 26.0 Å². The molecule has 0 aliphatic heterocycles. The van der Waals surface area contributed by atoms with E-state index in [1.54, 1.807) is 56.7 Å². The molecule has 0 fully saturated rings. The van der Waals surface area contributed by atoms with Crippen LogP contribution in [0.4, 0.5) is 5.69 Å². The average molecular weight is 481 g/mol. The maximum atomic E-state index is 13.5. The van der Waals surface area contributed by atoms with E-state index < -0.39 is 0 Å². The van der Waals surface area contributed by atoms with Gasteiger partial charge < -0.3 is 14.8 Å². The molecule has 3 aromatic carbocycles. The number of halogens is 2. The summed E-state index contributed by atoms with van der Waals surface area (Å²) in [4.78, 5) is 18.4. The fourth-order valence-electron chi connectivity index (χ4n) is 3.80. The van der Waals surface area contributed by atoms with Crippen molar-refractivity contribution in [3.63, 3.8) is 0 Å². The quantitative estimate of drug-likeness (QED) is 0.331. The van der Waals surface area contributed by atoms with Crippen LogP contribution in [0.25, 0.3) is 22.2 Å². The molecular weight excluding hydrogens is 459 g/mol. The number of nitrogens with zero attached hydrogens (tertiary/aromatic N) is 1. The molecule has 0 aliphatic rings. The van der Waals surface area contributed by atoms with E-state index in [2.05, 4.69) is 5.32 Å². The maximum absolute atomic E-state index is 13.5. The number of carbonyl (C=O) groups is 1. The molecule has 0 saturated carbocycles. The Morgan fingerprint density at radius 2 is 1.73 bits per heavy atom. The molecule has 4 rings (SSSR count). The Labute approximate surface area is 202 Å². The number of amides is 1. The van der Waals surface area contributed by atoms with E-state index >= 15 is 0 Å². The number of pyridine rings is 1. The lowest BCUT2D eigenvalue weighted by molar-refractivity contribution is 0.102. The fraction of sp³-hybridized carbons (Fsp3) is 0.154. The van der Waals surface area contributed by atoms with Gasteiger partial charge in [-0.15, -0.1) is 0 Å². The smallest absolute Gasteiger partial charge is 0.256 e. The highest BCUT2D eigenvalue weighted by Crippen LogP contribution is 2.34. The second-order valence-electron chi connectivity index (χ2n) is 7.68. The van der Waals surface area contributed by atoms with Gasteiger partial charge in [-0.25, -0.2) is 4.98 Å². The molecule has 0 atom stereocenters. The number of carbonyl (C=O) groups excluding carboxylic acids is 1. The number of rotatable bonds is 5. The minimum Gasteiger partial charge on any atom is -0.497 e. The highest BCUT2D eigenvalue weighted by Gasteiger charge is 2.18. The zero-order valence-electron chi connectivity index (χ0n) is 18.6. The monoisotopic (exact) mass is 480 g/mol. The van der Waals surface area contributed by atoms with Crippen LogP contribution in [0.15, 0.2) is 54.6 Å². The lowest BCUT2D eigenvalue weighted by Gasteiger charge is -2.15. The van der Waals surface area contributed by atoms with Gasteiger partial charge in [-0.05, 0) is 61.9 Å². The van der Waals surface area contributed by atoms with Crippen LogP contribution in [0.5, 0.6) is 11.5 Å². The molecule has 1 heterocycles. The molecule has 0 spiro atoms. The second-order valence-corrected chi connectivity index (χ2v) is 8.52. The molecular formula is C26H22Cl2N2O3. The number of aryl methyl sites for hydroxylation is 2. The largest absolute Gasteiger partial charge is 0.497 e. The number of fused-ring (bicyclic) bond motifs is 1. The van der Waals surface area contributed by atoms with Gasteiger partial charge >= 0.3 is 0 Å². The SMILES string of the molecule is COc1ccc(NC(=O)c2cc(-c3ccc(Cl)cc3Cl)nc3c(C)cc(C)cc23)c(OC)c1. The van der Waals surface area contributed by atoms with Crippen LogP contribution < -0.4 is 14.8 Å². The van der Waals surface area contributed by atoms with Crippen molar-refractivity contribution in [1.82, 2.24) is 4.98 Å². The van der Waals surface area contributed by atoms with Gasteiger partial charge in [0.2, 0.25) is 0 Å². The first-order valence-electron chi connectivity index (χ1n) is 10.2. The van der Waals surface area contributed by atoms with E-state index in [-0.39, 0.29) is 5.91 Å². The summed E-state index contributed by atoms with van der Waals surface area (Å²) in [6.07, 6.45) is 0. The molecule has 0 aliphatic carbocycles. The van der Waals surface area contributed by atoms with Gasteiger partial charge in [0.15, 0.2) is 0 Å². The molecule has 1 amide bonds. The van der Waals surface area contributed by atoms with Crippen LogP contribution in [0.1, 0.15) is 21.5 Å². The second kappa shape index (κ2) is 9.30. The van der Waals surface area contributed by atoms with Crippen LogP contribution in [-0.2, 0) is 0 Å². The van der Waals surface area contributed by atoms with E-state index in [0.29, 0.717) is 44.1 Å². The molecule has 0 unspecified atom stereocenters. The van der Waals surface area contributed by atoms with E-state index in [1.165, 1.54) is 0 Å². The van der Waals surface area contributed by atoms with Gasteiger partial charge in [0.25, 0.3) is 5.91 Å². The number of aromatic nitrogens is 1. The summed E-state index contributed by atoms with van der Waals surface area (Å²) in [5, 5.41) is 4.71. The molecule has 1 aromatic heterocycles. The summed E-state index contributed by atoms with van der Waals surface area (Å²) in [6.45, 7) is 3.97. The Hall–Kier alpha value is -3.28. The Balaban J connectivity index is 1.87. The number of hydrogen-bond donors (Lipinski definition) is 1. The fourth-order valence-corrected chi connectivity index (χ4v) is 4.30. The van der Waals surface area contributed by atoms with Crippen molar-refractivity contribution >= 4 is 45.7 Å². The van der Waals surface area contributed by atoms with Gasteiger partial charge in [0.05, 0.1) is 41.7 Å². The summed E-state index contributed by atoms with van der Waals surface area (Å²) < 4.78 is 10.7. The molecule has 4 aromatic rings. The molecule has 0 saturated heterocycles. The Morgan fingerprint density at radius 3 is 2.42 bits per heavy atom. The first-order chi connectivity index (χ1) is 15.8. The third kappa shape index (κ3) is 4.61. The van der Waals surface area contributed by atoms with Gasteiger partial charge in [0, 0.05) is 22.0 Å². The average Bonchev–Trinajstić information content (AvgIpc) is 2.78. The Bertz CT molecular complexity index is 1390. The van der Waals surface area contributed by atoms with Crippen LogP contribution in [0.2, 0.25) is 10.0 Å². The van der Waals surface area contributed by atoms with Crippen molar-refractivity contribution in [2.45, 2.75) is 13.8 Å². The third-order valence-corrected chi connectivity index (χ3v) is 5.90. The number of anilines is 1. The number of methoxy groups -OCH3 is 2. The van der Waals surface area contributed by atoms with Crippen molar-refractivity contribution < 1.29 is 14.3 Å². The van der Waals surface area contributed by atoms with Crippen molar-refractivity contribution in [1.29, 1.82) is 0 Å². The topological polar surface area (TPSA) is 60.5 Å². The first-order valence-corrected chi connectivity index (χ1v) is 11.0. The highest BCUT2D eigenvalue weighted by atomic mass is 35.5. The van der Waals surface area contributed by atoms with Crippen LogP contribution in [0.3, 0.4) is 0 Å². The van der Waals surface area contributed by atoms with Gasteiger partial charge in [0.1, 0.15) is 11.5 Å². The summed E-state index contributed by atoms with van der Waals surface area (Å²) in [7, 11) is 3.11. The van der Waals surface area contributed by atoms with Crippen LogP contribution in [0, 0.1) is 13.8 Å². The first kappa shape index (κ1) is 22.9. The molecule has 1 N–H and O–H groups in total. The normalized spacial score (nSPS) is 10.8. The van der Waals surface area contributed by atoms with Gasteiger partial charge in [-0.1, -0.05) is 34.8 Å². The summed E-state index contributed by atoms with van der Waals surface area (Å²) in [5.74, 6) is 0.835. The summed E-state index contributed by atoms with van der Waals surface area (Å²) >= 11 is 12.5. The predicted octanol–water partition coefficient (Wildman–Crippen LogP) is 7.09. The minimum absolute atomic E-state index is 0.290. The van der Waals surface area contributed by atoms with Crippen molar-refractivity contribution in [2.24, 2.45) is 0 Å². The molecule has 7 heteroatoms. The Morgan fingerprint density at radius 1 is 0.939 bits per heavy atom. The van der Waals surface area contributed by atoms with Gasteiger partial charge in [-0.2, -0.15) is 0 Å². The van der Waals surface area contributed by atoms with Crippen LogP contribution in [-0.4, -0.2) is 25.1 Å². The molecule has 33 heavy (non-hydrogen) atoms. The lowest BCUT2D eigenvalue weighted by atomic mass is 9.99. The number of hydrogen-bond acceptors (Lipinski definition) is 4. The third-order valence-electron chi connectivity index (χ3n) is 5.36. The molecule has 0 bridgehead atoms. The number of ether oxygens (including phenoxy) is 2. The zero-order valence-corrected chi connectivity index (χ0v) is 20.1. The summed E-state index contributed by atoms with van der Waals surface area (Å²) in [6, 6.07) is 16.2. The van der Waals surface area contributed by atoms with E-state index in [0.717, 1.165) is 22.0 Å². The standard InChI is InChI=1S/C26H22Cl2N2O3/c1-14-9-15(2)25-19(10-14)20(13-23(29-25)18-7-5-16(27)11-21(18)28)26(31)30-22-8-6-17(32-3)12-24(22)33-4/h5-13H,1-4H3,(H,30,31). The van der Waals surface area contributed by atoms with Crippen LogP contribution >= 0.6 is 23.2 Å². The van der Waals surface area contributed by atoms with E-state index in [4.69, 9.17) is 37.7 Å². The highest BCUT2D eigenvalue weighted by molar-refractivity contribution is 6.36. The predicted molar refractivity (Wildman–Crippen MR) is 134 cm³/mol. The zero-order chi connectivity index (χ0) is 23.7. The maximum Gasteiger partial charge on any atom is 0.256 e. The van der Waals surface area contributed by atoms with Crippen molar-refractivity contribution in [3.8, 4) is 22.8 Å². The van der Waals surface area contributed by atoms with Crippen molar-refractivity contribution in [2.75, 3.05) is 19.5 Å². The van der Waals surface area contributed by atoms with Crippen molar-refractivity contribution in [3.05, 3.63) is 81.3 Å². The molecule has 0 radical (unpaired) electrons. The number of benzene rings is 3. The lowest BCUT2D eigenvalue weighted by Crippen LogP contribution is -2.14. The Kier molecular flexibility index (Phi) is 6.45. The van der Waals surface area contributed by atoms with Gasteiger partial charge in [-0.3, -0.25) is 4.79 Å².